The Hall–Kier alpha value is -0.0800. The highest BCUT2D eigenvalue weighted by molar-refractivity contribution is 4.80. The molecule has 1 fully saturated rings. The van der Waals surface area contributed by atoms with E-state index in [1.807, 2.05) is 0 Å². The second-order valence-electron chi connectivity index (χ2n) is 2.12. The Morgan fingerprint density at radius 2 is 2.29 bits per heavy atom. The molecule has 1 rings (SSSR count). The van der Waals surface area contributed by atoms with E-state index < -0.39 is 0 Å². The molecule has 0 aromatic rings. The smallest absolute Gasteiger partial charge is 0.102 e. The van der Waals surface area contributed by atoms with Crippen molar-refractivity contribution < 1.29 is 5.11 Å². The number of nitrogens with one attached hydrogen (secondary N) is 1. The topological polar surface area (TPSA) is 32.3 Å². The summed E-state index contributed by atoms with van der Waals surface area (Å²) in [5.74, 6) is 0. The highest BCUT2D eigenvalue weighted by Gasteiger charge is 2.21. The maximum atomic E-state index is 8.65. The van der Waals surface area contributed by atoms with Gasteiger partial charge in [0.2, 0.25) is 0 Å². The Bertz CT molecular complexity index is 59.1. The van der Waals surface area contributed by atoms with Gasteiger partial charge < -0.3 is 5.11 Å². The third kappa shape index (κ3) is 1.90. The predicted molar refractivity (Wildman–Crippen MR) is 27.8 cm³/mol. The van der Waals surface area contributed by atoms with E-state index in [-0.39, 0.29) is 6.23 Å². The van der Waals surface area contributed by atoms with Crippen LogP contribution in [-0.4, -0.2) is 17.4 Å². The first kappa shape index (κ1) is 5.06. The third-order valence-corrected chi connectivity index (χ3v) is 1.05. The molecular weight excluding hydrogens is 90.1 g/mol. The minimum atomic E-state index is -0.313. The van der Waals surface area contributed by atoms with Gasteiger partial charge in [-0.25, -0.2) is 0 Å². The van der Waals surface area contributed by atoms with Gasteiger partial charge >= 0.3 is 0 Å². The van der Waals surface area contributed by atoms with Crippen LogP contribution in [0.1, 0.15) is 19.8 Å². The SMILES string of the molecule is C[C@@H](O)NC1CC1. The van der Waals surface area contributed by atoms with Crippen molar-refractivity contribution in [3.8, 4) is 0 Å². The van der Waals surface area contributed by atoms with Gasteiger partial charge in [0.15, 0.2) is 0 Å². The van der Waals surface area contributed by atoms with Crippen LogP contribution in [0.15, 0.2) is 0 Å². The molecule has 0 aromatic heterocycles. The molecule has 0 saturated heterocycles. The van der Waals surface area contributed by atoms with Gasteiger partial charge in [0, 0.05) is 6.04 Å². The van der Waals surface area contributed by atoms with Gasteiger partial charge in [-0.1, -0.05) is 0 Å². The van der Waals surface area contributed by atoms with Gasteiger partial charge in [0.1, 0.15) is 6.23 Å². The molecule has 42 valence electrons. The van der Waals surface area contributed by atoms with Crippen molar-refractivity contribution in [2.45, 2.75) is 32.0 Å². The van der Waals surface area contributed by atoms with Crippen LogP contribution in [-0.2, 0) is 0 Å². The molecule has 1 saturated carbocycles. The van der Waals surface area contributed by atoms with E-state index in [0.29, 0.717) is 6.04 Å². The second kappa shape index (κ2) is 1.80. The summed E-state index contributed by atoms with van der Waals surface area (Å²) in [4.78, 5) is 0. The molecule has 0 spiro atoms. The van der Waals surface area contributed by atoms with E-state index >= 15 is 0 Å². The largest absolute Gasteiger partial charge is 0.379 e. The average molecular weight is 101 g/mol. The lowest BCUT2D eigenvalue weighted by molar-refractivity contribution is 0.154. The van der Waals surface area contributed by atoms with E-state index in [4.69, 9.17) is 5.11 Å². The van der Waals surface area contributed by atoms with Crippen molar-refractivity contribution in [3.63, 3.8) is 0 Å². The van der Waals surface area contributed by atoms with Gasteiger partial charge in [-0.15, -0.1) is 0 Å². The number of hydrogen-bond donors (Lipinski definition) is 2. The molecule has 1 atom stereocenters. The normalized spacial score (nSPS) is 24.9. The molecular formula is C5H11NO. The van der Waals surface area contributed by atoms with E-state index in [9.17, 15) is 0 Å². The lowest BCUT2D eigenvalue weighted by atomic mass is 10.6. The van der Waals surface area contributed by atoms with E-state index in [2.05, 4.69) is 5.32 Å². The number of rotatable bonds is 2. The molecule has 0 bridgehead atoms. The fourth-order valence-electron chi connectivity index (χ4n) is 0.591. The Morgan fingerprint density at radius 3 is 2.43 bits per heavy atom. The fraction of sp³-hybridized carbons (Fsp3) is 1.00. The summed E-state index contributed by atoms with van der Waals surface area (Å²) in [7, 11) is 0. The lowest BCUT2D eigenvalue weighted by Crippen LogP contribution is -2.26. The van der Waals surface area contributed by atoms with Crippen LogP contribution in [0.5, 0.6) is 0 Å². The minimum Gasteiger partial charge on any atom is -0.379 e. The Labute approximate surface area is 43.5 Å². The van der Waals surface area contributed by atoms with Crippen molar-refractivity contribution in [3.05, 3.63) is 0 Å². The predicted octanol–water partition coefficient (Wildman–Crippen LogP) is 0.0767. The summed E-state index contributed by atoms with van der Waals surface area (Å²) in [6.07, 6.45) is 2.17. The van der Waals surface area contributed by atoms with Gasteiger partial charge in [-0.05, 0) is 19.8 Å². The zero-order valence-corrected chi connectivity index (χ0v) is 4.52. The van der Waals surface area contributed by atoms with Crippen LogP contribution in [0.2, 0.25) is 0 Å². The standard InChI is InChI=1S/C5H11NO/c1-4(7)6-5-2-3-5/h4-7H,2-3H2,1H3/t4-/m1/s1. The molecule has 2 heteroatoms. The summed E-state index contributed by atoms with van der Waals surface area (Å²) in [6.45, 7) is 1.75. The molecule has 2 N–H and O–H groups in total. The maximum Gasteiger partial charge on any atom is 0.102 e. The summed E-state index contributed by atoms with van der Waals surface area (Å²) in [5.41, 5.74) is 0. The van der Waals surface area contributed by atoms with Crippen LogP contribution in [0.3, 0.4) is 0 Å². The van der Waals surface area contributed by atoms with Crippen LogP contribution in [0, 0.1) is 0 Å². The van der Waals surface area contributed by atoms with E-state index in [1.54, 1.807) is 6.92 Å². The molecule has 0 radical (unpaired) electrons. The van der Waals surface area contributed by atoms with Crippen molar-refractivity contribution in [1.82, 2.24) is 5.32 Å². The Kier molecular flexibility index (Phi) is 1.30. The van der Waals surface area contributed by atoms with Crippen molar-refractivity contribution >= 4 is 0 Å². The minimum absolute atomic E-state index is 0.313. The number of hydrogen-bond acceptors (Lipinski definition) is 2. The molecule has 1 aliphatic carbocycles. The average Bonchev–Trinajstić information content (AvgIpc) is 2.17. The van der Waals surface area contributed by atoms with Gasteiger partial charge in [0.25, 0.3) is 0 Å². The molecule has 0 heterocycles. The van der Waals surface area contributed by atoms with E-state index in [1.165, 1.54) is 12.8 Å². The lowest BCUT2D eigenvalue weighted by Gasteiger charge is -2.02. The molecule has 2 nitrogen and oxygen atoms in total. The monoisotopic (exact) mass is 101 g/mol. The number of aliphatic hydroxyl groups excluding tert-OH is 1. The fourth-order valence-corrected chi connectivity index (χ4v) is 0.591. The van der Waals surface area contributed by atoms with Gasteiger partial charge in [0.05, 0.1) is 0 Å². The number of aliphatic hydroxyl groups is 1. The van der Waals surface area contributed by atoms with E-state index in [0.717, 1.165) is 0 Å². The van der Waals surface area contributed by atoms with Crippen LogP contribution in [0.25, 0.3) is 0 Å². The summed E-state index contributed by atoms with van der Waals surface area (Å²) >= 11 is 0. The first-order valence-electron chi connectivity index (χ1n) is 2.73. The maximum absolute atomic E-state index is 8.65. The zero-order chi connectivity index (χ0) is 5.28. The summed E-state index contributed by atoms with van der Waals surface area (Å²) in [6, 6.07) is 0.625. The molecule has 0 unspecified atom stereocenters. The first-order valence-corrected chi connectivity index (χ1v) is 2.73. The van der Waals surface area contributed by atoms with Crippen molar-refractivity contribution in [1.29, 1.82) is 0 Å². The Balaban J connectivity index is 1.97. The highest BCUT2D eigenvalue weighted by atomic mass is 16.3. The first-order chi connectivity index (χ1) is 3.29. The molecule has 0 amide bonds. The van der Waals surface area contributed by atoms with Crippen LogP contribution < -0.4 is 5.32 Å². The molecule has 0 aliphatic heterocycles. The molecule has 0 aromatic carbocycles. The summed E-state index contributed by atoms with van der Waals surface area (Å²) in [5, 5.41) is 11.6. The highest BCUT2D eigenvalue weighted by Crippen LogP contribution is 2.18. The molecule has 1 aliphatic rings. The van der Waals surface area contributed by atoms with Crippen molar-refractivity contribution in [2.24, 2.45) is 0 Å². The molecule has 7 heavy (non-hydrogen) atoms. The summed E-state index contributed by atoms with van der Waals surface area (Å²) < 4.78 is 0. The van der Waals surface area contributed by atoms with Crippen molar-refractivity contribution in [2.75, 3.05) is 0 Å². The van der Waals surface area contributed by atoms with Crippen LogP contribution >= 0.6 is 0 Å². The second-order valence-corrected chi connectivity index (χ2v) is 2.12. The quantitative estimate of drug-likeness (QED) is 0.483. The van der Waals surface area contributed by atoms with Gasteiger partial charge in [-0.3, -0.25) is 5.32 Å². The Morgan fingerprint density at radius 1 is 1.71 bits per heavy atom. The zero-order valence-electron chi connectivity index (χ0n) is 4.52. The van der Waals surface area contributed by atoms with Gasteiger partial charge in [-0.2, -0.15) is 0 Å². The third-order valence-electron chi connectivity index (χ3n) is 1.05. The van der Waals surface area contributed by atoms with Crippen LogP contribution in [0.4, 0.5) is 0 Å².